The fraction of sp³-hybridized carbons (Fsp3) is 0.409. The van der Waals surface area contributed by atoms with Crippen LogP contribution in [0.4, 0.5) is 5.69 Å². The summed E-state index contributed by atoms with van der Waals surface area (Å²) in [6.07, 6.45) is 2.57. The summed E-state index contributed by atoms with van der Waals surface area (Å²) >= 11 is 0. The Morgan fingerprint density at radius 1 is 1.03 bits per heavy atom. The number of carbonyl (C=O) groups excluding carboxylic acids is 1. The Balaban J connectivity index is 1.37. The molecule has 0 unspecified atom stereocenters. The molecule has 0 aliphatic carbocycles. The fourth-order valence-electron chi connectivity index (χ4n) is 3.92. The van der Waals surface area contributed by atoms with Crippen molar-refractivity contribution < 1.29 is 17.9 Å². The summed E-state index contributed by atoms with van der Waals surface area (Å²) in [7, 11) is -3.69. The molecule has 2 aliphatic rings. The maximum absolute atomic E-state index is 12.9. The number of nitrogens with one attached hydrogen (secondary N) is 1. The average Bonchev–Trinajstić information content (AvgIpc) is 3.27. The second-order valence-corrected chi connectivity index (χ2v) is 9.41. The number of amides is 1. The van der Waals surface area contributed by atoms with E-state index in [1.165, 1.54) is 12.1 Å². The molecule has 2 heterocycles. The number of benzene rings is 2. The number of rotatable bonds is 6. The van der Waals surface area contributed by atoms with Gasteiger partial charge < -0.3 is 9.64 Å². The van der Waals surface area contributed by atoms with E-state index in [0.29, 0.717) is 30.4 Å². The zero-order valence-corrected chi connectivity index (χ0v) is 17.7. The average molecular weight is 430 g/mol. The first-order valence-electron chi connectivity index (χ1n) is 10.3. The minimum absolute atomic E-state index is 0.0764. The number of ether oxygens (including phenoxy) is 1. The van der Waals surface area contributed by atoms with Crippen LogP contribution in [0, 0.1) is 0 Å². The minimum atomic E-state index is -3.69. The van der Waals surface area contributed by atoms with E-state index in [9.17, 15) is 13.2 Å². The van der Waals surface area contributed by atoms with E-state index in [1.54, 1.807) is 42.5 Å². The molecule has 2 aromatic rings. The number of carbonyl (C=O) groups is 1. The Bertz CT molecular complexity index is 967. The lowest BCUT2D eigenvalue weighted by molar-refractivity contribution is 0.0433. The van der Waals surface area contributed by atoms with Crippen LogP contribution in [0.1, 0.15) is 23.2 Å². The molecule has 2 fully saturated rings. The van der Waals surface area contributed by atoms with Gasteiger partial charge in [0.1, 0.15) is 0 Å². The molecule has 1 atom stereocenters. The summed E-state index contributed by atoms with van der Waals surface area (Å²) in [5.74, 6) is -0.0764. The van der Waals surface area contributed by atoms with Gasteiger partial charge in [-0.2, -0.15) is 0 Å². The first kappa shape index (κ1) is 20.8. The monoisotopic (exact) mass is 429 g/mol. The SMILES string of the molecule is O=C(c1cccc(NS(=O)(=O)c2ccccc2)c1)N1CCN(C[C@H]2CCCO2)CC1. The van der Waals surface area contributed by atoms with E-state index in [4.69, 9.17) is 4.74 Å². The van der Waals surface area contributed by atoms with Crippen molar-refractivity contribution in [1.82, 2.24) is 9.80 Å². The number of piperazine rings is 1. The second-order valence-electron chi connectivity index (χ2n) is 7.73. The molecule has 4 rings (SSSR count). The van der Waals surface area contributed by atoms with Crippen molar-refractivity contribution >= 4 is 21.6 Å². The van der Waals surface area contributed by atoms with Gasteiger partial charge in [0.05, 0.1) is 11.0 Å². The van der Waals surface area contributed by atoms with E-state index >= 15 is 0 Å². The third kappa shape index (κ3) is 5.00. The van der Waals surface area contributed by atoms with Crippen molar-refractivity contribution in [1.29, 1.82) is 0 Å². The molecule has 1 amide bonds. The zero-order chi connectivity index (χ0) is 21.0. The second kappa shape index (κ2) is 9.16. The van der Waals surface area contributed by atoms with Crippen molar-refractivity contribution in [3.05, 3.63) is 60.2 Å². The van der Waals surface area contributed by atoms with Crippen LogP contribution in [0.15, 0.2) is 59.5 Å². The van der Waals surface area contributed by atoms with Gasteiger partial charge in [-0.15, -0.1) is 0 Å². The Hall–Kier alpha value is -2.42. The van der Waals surface area contributed by atoms with Crippen molar-refractivity contribution in [3.8, 4) is 0 Å². The van der Waals surface area contributed by atoms with Crippen LogP contribution >= 0.6 is 0 Å². The number of sulfonamides is 1. The standard InChI is InChI=1S/C22H27N3O4S/c26-22(25-13-11-24(12-14-25)17-20-8-5-15-29-20)18-6-4-7-19(16-18)23-30(27,28)21-9-2-1-3-10-21/h1-4,6-7,9-10,16,20,23H,5,8,11-15,17H2/t20-/m1/s1. The molecular weight excluding hydrogens is 402 g/mol. The molecule has 0 aromatic heterocycles. The van der Waals surface area contributed by atoms with Crippen LogP contribution < -0.4 is 4.72 Å². The largest absolute Gasteiger partial charge is 0.377 e. The van der Waals surface area contributed by atoms with Gasteiger partial charge in [0.25, 0.3) is 15.9 Å². The lowest BCUT2D eigenvalue weighted by Gasteiger charge is -2.35. The van der Waals surface area contributed by atoms with E-state index in [2.05, 4.69) is 9.62 Å². The Kier molecular flexibility index (Phi) is 6.36. The lowest BCUT2D eigenvalue weighted by Crippen LogP contribution is -2.50. The van der Waals surface area contributed by atoms with Crippen molar-refractivity contribution in [2.45, 2.75) is 23.8 Å². The zero-order valence-electron chi connectivity index (χ0n) is 16.9. The highest BCUT2D eigenvalue weighted by Gasteiger charge is 2.25. The summed E-state index contributed by atoms with van der Waals surface area (Å²) in [5.41, 5.74) is 0.859. The predicted molar refractivity (Wildman–Crippen MR) is 115 cm³/mol. The molecule has 30 heavy (non-hydrogen) atoms. The fourth-order valence-corrected chi connectivity index (χ4v) is 4.99. The first-order chi connectivity index (χ1) is 14.5. The van der Waals surface area contributed by atoms with Gasteiger partial charge in [-0.3, -0.25) is 14.4 Å². The normalized spacial score (nSPS) is 20.3. The van der Waals surface area contributed by atoms with Gasteiger partial charge in [-0.1, -0.05) is 24.3 Å². The highest BCUT2D eigenvalue weighted by Crippen LogP contribution is 2.19. The Labute approximate surface area is 177 Å². The molecule has 7 nitrogen and oxygen atoms in total. The maximum Gasteiger partial charge on any atom is 0.261 e. The first-order valence-corrected chi connectivity index (χ1v) is 11.8. The third-order valence-corrected chi connectivity index (χ3v) is 6.96. The number of nitrogens with zero attached hydrogens (tertiary/aromatic N) is 2. The molecule has 2 aliphatic heterocycles. The molecule has 0 bridgehead atoms. The molecule has 0 saturated carbocycles. The van der Waals surface area contributed by atoms with Crippen molar-refractivity contribution in [2.75, 3.05) is 44.1 Å². The Morgan fingerprint density at radius 2 is 1.80 bits per heavy atom. The topological polar surface area (TPSA) is 79.0 Å². The number of anilines is 1. The predicted octanol–water partition coefficient (Wildman–Crippen LogP) is 2.42. The van der Waals surface area contributed by atoms with Crippen LogP contribution in [-0.4, -0.2) is 69.6 Å². The van der Waals surface area contributed by atoms with Crippen LogP contribution in [0.25, 0.3) is 0 Å². The quantitative estimate of drug-likeness (QED) is 0.763. The van der Waals surface area contributed by atoms with Gasteiger partial charge in [-0.05, 0) is 43.2 Å². The van der Waals surface area contributed by atoms with Crippen molar-refractivity contribution in [2.24, 2.45) is 0 Å². The van der Waals surface area contributed by atoms with E-state index < -0.39 is 10.0 Å². The smallest absolute Gasteiger partial charge is 0.261 e. The highest BCUT2D eigenvalue weighted by atomic mass is 32.2. The summed E-state index contributed by atoms with van der Waals surface area (Å²) in [6.45, 7) is 4.75. The molecule has 0 radical (unpaired) electrons. The van der Waals surface area contributed by atoms with Crippen LogP contribution in [0.2, 0.25) is 0 Å². The molecule has 2 aromatic carbocycles. The van der Waals surface area contributed by atoms with Crippen LogP contribution in [-0.2, 0) is 14.8 Å². The van der Waals surface area contributed by atoms with Gasteiger partial charge >= 0.3 is 0 Å². The molecular formula is C22H27N3O4S. The van der Waals surface area contributed by atoms with Crippen LogP contribution in [0.3, 0.4) is 0 Å². The third-order valence-electron chi connectivity index (χ3n) is 5.56. The molecule has 1 N–H and O–H groups in total. The molecule has 8 heteroatoms. The van der Waals surface area contributed by atoms with Gasteiger partial charge in [0, 0.05) is 50.6 Å². The molecule has 2 saturated heterocycles. The van der Waals surface area contributed by atoms with Gasteiger partial charge in [0.2, 0.25) is 0 Å². The lowest BCUT2D eigenvalue weighted by atomic mass is 10.1. The summed E-state index contributed by atoms with van der Waals surface area (Å²) in [5, 5.41) is 0. The van der Waals surface area contributed by atoms with Gasteiger partial charge in [0.15, 0.2) is 0 Å². The van der Waals surface area contributed by atoms with E-state index in [-0.39, 0.29) is 10.8 Å². The van der Waals surface area contributed by atoms with Crippen molar-refractivity contribution in [3.63, 3.8) is 0 Å². The van der Waals surface area contributed by atoms with Crippen LogP contribution in [0.5, 0.6) is 0 Å². The Morgan fingerprint density at radius 3 is 2.50 bits per heavy atom. The highest BCUT2D eigenvalue weighted by molar-refractivity contribution is 7.92. The number of hydrogen-bond acceptors (Lipinski definition) is 5. The van der Waals surface area contributed by atoms with E-state index in [0.717, 1.165) is 39.1 Å². The van der Waals surface area contributed by atoms with Gasteiger partial charge in [-0.25, -0.2) is 8.42 Å². The summed E-state index contributed by atoms with van der Waals surface area (Å²) in [4.78, 5) is 17.3. The summed E-state index contributed by atoms with van der Waals surface area (Å²) in [6, 6.07) is 14.9. The molecule has 160 valence electrons. The molecule has 0 spiro atoms. The number of hydrogen-bond donors (Lipinski definition) is 1. The summed E-state index contributed by atoms with van der Waals surface area (Å²) < 4.78 is 33.3. The van der Waals surface area contributed by atoms with E-state index in [1.807, 2.05) is 4.90 Å². The minimum Gasteiger partial charge on any atom is -0.377 e. The maximum atomic E-state index is 12.9.